The maximum absolute atomic E-state index is 6.17. The molecule has 0 aromatic carbocycles. The first-order valence-corrected chi connectivity index (χ1v) is 8.78. The fraction of sp³-hybridized carbons (Fsp3) is 0.471. The van der Waals surface area contributed by atoms with Crippen LogP contribution in [0.3, 0.4) is 0 Å². The molecular weight excluding hydrogens is 296 g/mol. The second kappa shape index (κ2) is 6.36. The standard InChI is InChI=1S/C17H20N2O2S/c1-3-14(9-18-6-1)21-16-11-19(10-13-5-8-22-12-13)15-4-2-7-20-17(15)16/h1,3,5-6,8-9,12,15-17H,2,4,7,10-11H2/t15-,16-,17-/m1/s1. The van der Waals surface area contributed by atoms with Gasteiger partial charge in [0, 0.05) is 31.9 Å². The molecule has 5 heteroatoms. The zero-order chi connectivity index (χ0) is 14.8. The van der Waals surface area contributed by atoms with E-state index in [1.807, 2.05) is 12.1 Å². The summed E-state index contributed by atoms with van der Waals surface area (Å²) in [4.78, 5) is 6.65. The molecule has 2 fully saturated rings. The molecule has 22 heavy (non-hydrogen) atoms. The second-order valence-electron chi connectivity index (χ2n) is 5.95. The highest BCUT2D eigenvalue weighted by molar-refractivity contribution is 7.07. The van der Waals surface area contributed by atoms with E-state index in [4.69, 9.17) is 9.47 Å². The van der Waals surface area contributed by atoms with Crippen LogP contribution < -0.4 is 4.74 Å². The third-order valence-electron chi connectivity index (χ3n) is 4.47. The Kier molecular flexibility index (Phi) is 4.10. The number of likely N-dealkylation sites (tertiary alicyclic amines) is 1. The molecule has 0 saturated carbocycles. The highest BCUT2D eigenvalue weighted by atomic mass is 32.1. The summed E-state index contributed by atoms with van der Waals surface area (Å²) in [6.45, 7) is 2.75. The van der Waals surface area contributed by atoms with Crippen LogP contribution in [-0.4, -0.2) is 41.3 Å². The lowest BCUT2D eigenvalue weighted by molar-refractivity contribution is -0.0472. The van der Waals surface area contributed by atoms with Crippen molar-refractivity contribution in [2.24, 2.45) is 0 Å². The molecule has 0 N–H and O–H groups in total. The molecule has 4 heterocycles. The number of pyridine rings is 1. The molecule has 0 aliphatic carbocycles. The van der Waals surface area contributed by atoms with Crippen LogP contribution in [0, 0.1) is 0 Å². The van der Waals surface area contributed by atoms with E-state index in [1.165, 1.54) is 12.0 Å². The topological polar surface area (TPSA) is 34.6 Å². The first kappa shape index (κ1) is 14.2. The molecule has 2 aliphatic heterocycles. The summed E-state index contributed by atoms with van der Waals surface area (Å²) in [5, 5.41) is 4.37. The Bertz CT molecular complexity index is 590. The summed E-state index contributed by atoms with van der Waals surface area (Å²) in [5.74, 6) is 0.831. The molecule has 116 valence electrons. The van der Waals surface area contributed by atoms with Crippen LogP contribution in [0.1, 0.15) is 18.4 Å². The van der Waals surface area contributed by atoms with Gasteiger partial charge in [-0.25, -0.2) is 0 Å². The average Bonchev–Trinajstić information content (AvgIpc) is 3.18. The Labute approximate surface area is 134 Å². The molecule has 4 nitrogen and oxygen atoms in total. The monoisotopic (exact) mass is 316 g/mol. The van der Waals surface area contributed by atoms with Gasteiger partial charge in [-0.05, 0) is 47.4 Å². The molecule has 0 amide bonds. The van der Waals surface area contributed by atoms with Crippen molar-refractivity contribution in [1.82, 2.24) is 9.88 Å². The Morgan fingerprint density at radius 3 is 3.23 bits per heavy atom. The van der Waals surface area contributed by atoms with Crippen molar-refractivity contribution in [2.75, 3.05) is 13.2 Å². The van der Waals surface area contributed by atoms with Crippen LogP contribution >= 0.6 is 11.3 Å². The minimum atomic E-state index is 0.0909. The fourth-order valence-electron chi connectivity index (χ4n) is 3.50. The van der Waals surface area contributed by atoms with Gasteiger partial charge in [0.2, 0.25) is 0 Å². The number of hydrogen-bond acceptors (Lipinski definition) is 5. The zero-order valence-electron chi connectivity index (χ0n) is 12.4. The summed E-state index contributed by atoms with van der Waals surface area (Å²) < 4.78 is 12.2. The first-order valence-electron chi connectivity index (χ1n) is 7.83. The Hall–Kier alpha value is -1.43. The van der Waals surface area contributed by atoms with Gasteiger partial charge in [0.1, 0.15) is 18.0 Å². The molecule has 3 atom stereocenters. The van der Waals surface area contributed by atoms with Crippen LogP contribution in [-0.2, 0) is 11.3 Å². The SMILES string of the molecule is c1cncc(O[C@@H]2CN(Cc3ccsc3)[C@@H]3CCCO[C@H]32)c1. The summed E-state index contributed by atoms with van der Waals surface area (Å²) >= 11 is 1.76. The van der Waals surface area contributed by atoms with Gasteiger partial charge in [-0.1, -0.05) is 0 Å². The molecule has 2 aromatic rings. The summed E-state index contributed by atoms with van der Waals surface area (Å²) in [7, 11) is 0. The molecule has 2 aliphatic rings. The van der Waals surface area contributed by atoms with Crippen molar-refractivity contribution in [3.8, 4) is 5.75 Å². The Balaban J connectivity index is 1.50. The number of nitrogens with zero attached hydrogens (tertiary/aromatic N) is 2. The van der Waals surface area contributed by atoms with Gasteiger partial charge >= 0.3 is 0 Å². The normalized spacial score (nSPS) is 28.5. The lowest BCUT2D eigenvalue weighted by atomic mass is 10.0. The van der Waals surface area contributed by atoms with Crippen molar-refractivity contribution in [3.05, 3.63) is 46.9 Å². The van der Waals surface area contributed by atoms with Crippen molar-refractivity contribution >= 4 is 11.3 Å². The average molecular weight is 316 g/mol. The third kappa shape index (κ3) is 2.89. The quantitative estimate of drug-likeness (QED) is 0.868. The van der Waals surface area contributed by atoms with E-state index in [0.717, 1.165) is 31.9 Å². The largest absolute Gasteiger partial charge is 0.485 e. The van der Waals surface area contributed by atoms with Gasteiger partial charge < -0.3 is 9.47 Å². The smallest absolute Gasteiger partial charge is 0.139 e. The predicted octanol–water partition coefficient (Wildman–Crippen LogP) is 2.95. The number of hydrogen-bond donors (Lipinski definition) is 0. The highest BCUT2D eigenvalue weighted by Gasteiger charge is 2.45. The van der Waals surface area contributed by atoms with Crippen molar-refractivity contribution < 1.29 is 9.47 Å². The minimum absolute atomic E-state index is 0.0909. The van der Waals surface area contributed by atoms with Crippen LogP contribution in [0.2, 0.25) is 0 Å². The lowest BCUT2D eigenvalue weighted by Crippen LogP contribution is -2.42. The first-order chi connectivity index (χ1) is 10.9. The molecule has 0 bridgehead atoms. The summed E-state index contributed by atoms with van der Waals surface area (Å²) in [6, 6.07) is 6.55. The van der Waals surface area contributed by atoms with Crippen LogP contribution in [0.4, 0.5) is 0 Å². The van der Waals surface area contributed by atoms with E-state index < -0.39 is 0 Å². The zero-order valence-corrected chi connectivity index (χ0v) is 13.2. The second-order valence-corrected chi connectivity index (χ2v) is 6.73. The Morgan fingerprint density at radius 2 is 2.41 bits per heavy atom. The third-order valence-corrected chi connectivity index (χ3v) is 5.20. The number of thiophene rings is 1. The number of aromatic nitrogens is 1. The molecular formula is C17H20N2O2S. The number of rotatable bonds is 4. The van der Waals surface area contributed by atoms with E-state index >= 15 is 0 Å². The van der Waals surface area contributed by atoms with E-state index in [1.54, 1.807) is 23.7 Å². The van der Waals surface area contributed by atoms with E-state index in [2.05, 4.69) is 26.7 Å². The summed E-state index contributed by atoms with van der Waals surface area (Å²) in [5.41, 5.74) is 1.39. The molecule has 2 saturated heterocycles. The fourth-order valence-corrected chi connectivity index (χ4v) is 4.16. The van der Waals surface area contributed by atoms with E-state index in [-0.39, 0.29) is 12.2 Å². The van der Waals surface area contributed by atoms with Crippen molar-refractivity contribution in [1.29, 1.82) is 0 Å². The number of ether oxygens (including phenoxy) is 2. The predicted molar refractivity (Wildman–Crippen MR) is 86.1 cm³/mol. The van der Waals surface area contributed by atoms with Gasteiger partial charge in [0.05, 0.1) is 6.20 Å². The van der Waals surface area contributed by atoms with Crippen LogP contribution in [0.15, 0.2) is 41.4 Å². The molecule has 2 aromatic heterocycles. The summed E-state index contributed by atoms with van der Waals surface area (Å²) in [6.07, 6.45) is 6.15. The maximum Gasteiger partial charge on any atom is 0.139 e. The van der Waals surface area contributed by atoms with Gasteiger partial charge in [-0.2, -0.15) is 11.3 Å². The minimum Gasteiger partial charge on any atom is -0.485 e. The maximum atomic E-state index is 6.17. The van der Waals surface area contributed by atoms with Crippen molar-refractivity contribution in [3.63, 3.8) is 0 Å². The van der Waals surface area contributed by atoms with E-state index in [9.17, 15) is 0 Å². The van der Waals surface area contributed by atoms with Crippen molar-refractivity contribution in [2.45, 2.75) is 37.6 Å². The van der Waals surface area contributed by atoms with Crippen LogP contribution in [0.5, 0.6) is 5.75 Å². The highest BCUT2D eigenvalue weighted by Crippen LogP contribution is 2.32. The number of fused-ring (bicyclic) bond motifs is 1. The van der Waals surface area contributed by atoms with Gasteiger partial charge in [0.15, 0.2) is 0 Å². The van der Waals surface area contributed by atoms with E-state index in [0.29, 0.717) is 6.04 Å². The van der Waals surface area contributed by atoms with Crippen LogP contribution in [0.25, 0.3) is 0 Å². The van der Waals surface area contributed by atoms with Gasteiger partial charge in [0.25, 0.3) is 0 Å². The molecule has 0 radical (unpaired) electrons. The molecule has 0 spiro atoms. The molecule has 4 rings (SSSR count). The van der Waals surface area contributed by atoms with Gasteiger partial charge in [-0.15, -0.1) is 0 Å². The molecule has 0 unspecified atom stereocenters. The van der Waals surface area contributed by atoms with Gasteiger partial charge in [-0.3, -0.25) is 9.88 Å². The lowest BCUT2D eigenvalue weighted by Gasteiger charge is -2.32. The Morgan fingerprint density at radius 1 is 1.41 bits per heavy atom.